The SMILES string of the molecule is CN(SN(C)P(C)(=S)Oc1ccccc1)C(=O)F. The van der Waals surface area contributed by atoms with Gasteiger partial charge in [0.2, 0.25) is 0 Å². The number of nitrogens with zero attached hydrogens (tertiary/aromatic N) is 2. The molecule has 8 heteroatoms. The summed E-state index contributed by atoms with van der Waals surface area (Å²) in [5.74, 6) is 0.657. The van der Waals surface area contributed by atoms with Crippen LogP contribution >= 0.6 is 18.5 Å². The van der Waals surface area contributed by atoms with Crippen molar-refractivity contribution in [2.24, 2.45) is 0 Å². The van der Waals surface area contributed by atoms with E-state index in [4.69, 9.17) is 16.3 Å². The minimum absolute atomic E-state index is 0.657. The molecule has 1 unspecified atom stereocenters. The fraction of sp³-hybridized carbons (Fsp3) is 0.300. The molecule has 0 N–H and O–H groups in total. The van der Waals surface area contributed by atoms with Crippen LogP contribution in [-0.4, -0.2) is 35.3 Å². The molecule has 0 aromatic heterocycles. The molecule has 18 heavy (non-hydrogen) atoms. The smallest absolute Gasteiger partial charge is 0.410 e. The molecule has 0 aliphatic heterocycles. The van der Waals surface area contributed by atoms with Gasteiger partial charge in [0.1, 0.15) is 5.75 Å². The Morgan fingerprint density at radius 2 is 1.94 bits per heavy atom. The maximum Gasteiger partial charge on any atom is 0.410 e. The van der Waals surface area contributed by atoms with Crippen molar-refractivity contribution in [3.05, 3.63) is 30.3 Å². The molecule has 1 aromatic rings. The summed E-state index contributed by atoms with van der Waals surface area (Å²) in [4.78, 5) is 10.5. The number of carbonyl (C=O) groups excluding carboxylic acids is 1. The molecule has 1 rings (SSSR count). The maximum atomic E-state index is 12.4. The Balaban J connectivity index is 2.68. The fourth-order valence-corrected chi connectivity index (χ4v) is 3.54. The molecule has 0 saturated carbocycles. The van der Waals surface area contributed by atoms with Gasteiger partial charge >= 0.3 is 6.16 Å². The number of amides is 1. The molecule has 100 valence electrons. The van der Waals surface area contributed by atoms with Crippen molar-refractivity contribution >= 4 is 36.5 Å². The quantitative estimate of drug-likeness (QED) is 0.360. The number of para-hydroxylation sites is 1. The molecule has 1 amide bonds. The number of hydrogen-bond acceptors (Lipinski definition) is 4. The van der Waals surface area contributed by atoms with Crippen LogP contribution in [0.4, 0.5) is 9.18 Å². The van der Waals surface area contributed by atoms with Crippen LogP contribution in [0.1, 0.15) is 0 Å². The monoisotopic (exact) mass is 308 g/mol. The first-order chi connectivity index (χ1) is 8.33. The van der Waals surface area contributed by atoms with Gasteiger partial charge in [0.25, 0.3) is 0 Å². The zero-order chi connectivity index (χ0) is 13.8. The first-order valence-corrected chi connectivity index (χ1v) is 8.85. The Morgan fingerprint density at radius 3 is 2.44 bits per heavy atom. The van der Waals surface area contributed by atoms with Crippen LogP contribution in [0.5, 0.6) is 5.75 Å². The topological polar surface area (TPSA) is 32.8 Å². The third-order valence-corrected chi connectivity index (χ3v) is 6.64. The Bertz CT molecular complexity index is 460. The second-order valence-corrected chi connectivity index (χ2v) is 9.45. The Morgan fingerprint density at radius 1 is 1.39 bits per heavy atom. The van der Waals surface area contributed by atoms with Gasteiger partial charge in [-0.3, -0.25) is 0 Å². The van der Waals surface area contributed by atoms with E-state index in [2.05, 4.69) is 0 Å². The van der Waals surface area contributed by atoms with E-state index in [0.717, 1.165) is 16.4 Å². The van der Waals surface area contributed by atoms with Crippen LogP contribution in [0.2, 0.25) is 0 Å². The largest absolute Gasteiger partial charge is 0.453 e. The Labute approximate surface area is 116 Å². The van der Waals surface area contributed by atoms with Crippen molar-refractivity contribution in [3.63, 3.8) is 0 Å². The number of halogens is 1. The third-order valence-electron chi connectivity index (χ3n) is 2.02. The Hall–Kier alpha value is -0.620. The molecule has 0 aliphatic carbocycles. The maximum absolute atomic E-state index is 12.4. The number of hydrogen-bond donors (Lipinski definition) is 0. The van der Waals surface area contributed by atoms with Crippen molar-refractivity contribution in [1.29, 1.82) is 0 Å². The molecular formula is C10H14FN2O2PS2. The van der Waals surface area contributed by atoms with Crippen molar-refractivity contribution in [1.82, 2.24) is 8.38 Å². The van der Waals surface area contributed by atoms with Crippen LogP contribution in [0.15, 0.2) is 30.3 Å². The van der Waals surface area contributed by atoms with Gasteiger partial charge < -0.3 is 4.52 Å². The van der Waals surface area contributed by atoms with E-state index in [0.29, 0.717) is 5.75 Å². The summed E-state index contributed by atoms with van der Waals surface area (Å²) in [6.07, 6.45) is -3.86. The van der Waals surface area contributed by atoms with E-state index in [9.17, 15) is 9.18 Å². The molecule has 0 saturated heterocycles. The molecule has 1 aromatic carbocycles. The van der Waals surface area contributed by atoms with Crippen LogP contribution < -0.4 is 4.52 Å². The van der Waals surface area contributed by atoms with Gasteiger partial charge in [-0.1, -0.05) is 18.2 Å². The van der Waals surface area contributed by atoms with Gasteiger partial charge in [-0.05, 0) is 23.9 Å². The molecule has 0 radical (unpaired) electrons. The molecule has 0 spiro atoms. The van der Waals surface area contributed by atoms with E-state index >= 15 is 0 Å². The zero-order valence-corrected chi connectivity index (χ0v) is 12.8. The van der Waals surface area contributed by atoms with Gasteiger partial charge in [0.05, 0.1) is 12.1 Å². The summed E-state index contributed by atoms with van der Waals surface area (Å²) in [7, 11) is 3.01. The average molecular weight is 308 g/mol. The second kappa shape index (κ2) is 6.52. The average Bonchev–Trinajstić information content (AvgIpc) is 2.29. The van der Waals surface area contributed by atoms with E-state index in [-0.39, 0.29) is 0 Å². The zero-order valence-electron chi connectivity index (χ0n) is 10.2. The highest BCUT2D eigenvalue weighted by Crippen LogP contribution is 2.50. The normalized spacial score (nSPS) is 14.1. The van der Waals surface area contributed by atoms with Crippen molar-refractivity contribution in [3.8, 4) is 5.75 Å². The minimum Gasteiger partial charge on any atom is -0.453 e. The van der Waals surface area contributed by atoms with Crippen LogP contribution in [0.3, 0.4) is 0 Å². The molecule has 0 fully saturated rings. The van der Waals surface area contributed by atoms with Gasteiger partial charge in [0, 0.05) is 20.8 Å². The number of benzene rings is 1. The number of carbonyl (C=O) groups is 1. The molecule has 0 aliphatic rings. The summed E-state index contributed by atoms with van der Waals surface area (Å²) in [6.45, 7) is 1.76. The van der Waals surface area contributed by atoms with Crippen molar-refractivity contribution in [2.45, 2.75) is 0 Å². The lowest BCUT2D eigenvalue weighted by Crippen LogP contribution is -2.21. The summed E-state index contributed by atoms with van der Waals surface area (Å²) in [5.41, 5.74) is 0. The molecule has 1 atom stereocenters. The van der Waals surface area contributed by atoms with Crippen LogP contribution in [0.25, 0.3) is 0 Å². The fourth-order valence-electron chi connectivity index (χ4n) is 1.01. The van der Waals surface area contributed by atoms with E-state index in [1.165, 1.54) is 7.05 Å². The summed E-state index contributed by atoms with van der Waals surface area (Å²) < 4.78 is 20.6. The first-order valence-electron chi connectivity index (χ1n) is 5.00. The highest BCUT2D eigenvalue weighted by Gasteiger charge is 2.23. The second-order valence-electron chi connectivity index (χ2n) is 3.50. The molecular weight excluding hydrogens is 294 g/mol. The van der Waals surface area contributed by atoms with E-state index in [1.807, 2.05) is 18.2 Å². The molecule has 0 bridgehead atoms. The highest BCUT2D eigenvalue weighted by atomic mass is 32.5. The van der Waals surface area contributed by atoms with Gasteiger partial charge in [-0.2, -0.15) is 4.08 Å². The van der Waals surface area contributed by atoms with Crippen LogP contribution in [-0.2, 0) is 11.8 Å². The van der Waals surface area contributed by atoms with Crippen LogP contribution in [0, 0.1) is 0 Å². The van der Waals surface area contributed by atoms with E-state index < -0.39 is 12.6 Å². The predicted molar refractivity (Wildman–Crippen MR) is 76.9 cm³/mol. The first kappa shape index (κ1) is 15.4. The predicted octanol–water partition coefficient (Wildman–Crippen LogP) is 3.52. The standard InChI is InChI=1S/C10H14FN2O2PS2/c1-12(10(11)14)18-13(2)16(3,17)15-9-7-5-4-6-8-9/h4-8H,1-3H3. The molecule has 4 nitrogen and oxygen atoms in total. The van der Waals surface area contributed by atoms with Gasteiger partial charge in [-0.15, -0.1) is 4.39 Å². The minimum atomic E-state index is -2.33. The number of rotatable bonds is 5. The lowest BCUT2D eigenvalue weighted by Gasteiger charge is -2.29. The summed E-state index contributed by atoms with van der Waals surface area (Å²) in [5, 5.41) is 0. The highest BCUT2D eigenvalue weighted by molar-refractivity contribution is 8.16. The third kappa shape index (κ3) is 4.57. The lowest BCUT2D eigenvalue weighted by molar-refractivity contribution is 0.209. The van der Waals surface area contributed by atoms with E-state index in [1.54, 1.807) is 29.9 Å². The van der Waals surface area contributed by atoms with Crippen molar-refractivity contribution < 1.29 is 13.7 Å². The molecule has 0 heterocycles. The lowest BCUT2D eigenvalue weighted by atomic mass is 10.3. The summed E-state index contributed by atoms with van der Waals surface area (Å²) >= 11 is 6.28. The summed E-state index contributed by atoms with van der Waals surface area (Å²) in [6, 6.07) is 9.16. The van der Waals surface area contributed by atoms with Crippen molar-refractivity contribution in [2.75, 3.05) is 20.8 Å². The van der Waals surface area contributed by atoms with Gasteiger partial charge in [-0.25, -0.2) is 9.10 Å². The van der Waals surface area contributed by atoms with Gasteiger partial charge in [0.15, 0.2) is 6.42 Å². The Kier molecular flexibility index (Phi) is 5.59.